The highest BCUT2D eigenvalue weighted by molar-refractivity contribution is 5.69. The Balaban J connectivity index is 2.13. The first-order chi connectivity index (χ1) is 9.56. The Morgan fingerprint density at radius 3 is 2.00 bits per heavy atom. The van der Waals surface area contributed by atoms with Crippen LogP contribution in [0.2, 0.25) is 0 Å². The van der Waals surface area contributed by atoms with Crippen molar-refractivity contribution in [2.24, 2.45) is 0 Å². The summed E-state index contributed by atoms with van der Waals surface area (Å²) in [6, 6.07) is 13.0. The van der Waals surface area contributed by atoms with Crippen LogP contribution in [0.3, 0.4) is 0 Å². The maximum atomic E-state index is 10.6. The van der Waals surface area contributed by atoms with Crippen LogP contribution in [0.5, 0.6) is 5.75 Å². The van der Waals surface area contributed by atoms with Gasteiger partial charge in [-0.1, -0.05) is 12.1 Å². The minimum Gasteiger partial charge on any atom is -0.482 e. The van der Waals surface area contributed by atoms with Gasteiger partial charge in [-0.25, -0.2) is 4.79 Å². The molecule has 0 amide bonds. The monoisotopic (exact) mass is 273 g/mol. The van der Waals surface area contributed by atoms with E-state index in [1.807, 2.05) is 0 Å². The molecule has 0 spiro atoms. The number of rotatable bonds is 5. The van der Waals surface area contributed by atoms with Crippen molar-refractivity contribution in [2.75, 3.05) is 6.61 Å². The second kappa shape index (κ2) is 5.83. The Kier molecular flexibility index (Phi) is 3.95. The van der Waals surface area contributed by atoms with Gasteiger partial charge >= 0.3 is 5.97 Å². The molecule has 0 radical (unpaired) electrons. The quantitative estimate of drug-likeness (QED) is 0.668. The van der Waals surface area contributed by atoms with E-state index in [4.69, 9.17) is 9.84 Å². The van der Waals surface area contributed by atoms with Gasteiger partial charge in [0.1, 0.15) is 5.75 Å². The van der Waals surface area contributed by atoms with Crippen molar-refractivity contribution in [1.29, 1.82) is 0 Å². The van der Waals surface area contributed by atoms with Gasteiger partial charge < -0.3 is 9.84 Å². The molecule has 0 unspecified atom stereocenters. The second-order valence-corrected chi connectivity index (χ2v) is 4.01. The highest BCUT2D eigenvalue weighted by Gasteiger charge is 2.05. The summed E-state index contributed by atoms with van der Waals surface area (Å²) in [6.07, 6.45) is 0. The molecule has 1 N–H and O–H groups in total. The summed E-state index contributed by atoms with van der Waals surface area (Å²) in [5.41, 5.74) is 1.73. The SMILES string of the molecule is O=C(O)COc1ccc(-c2ccc([N+](=O)[O-])cc2)cc1. The minimum absolute atomic E-state index is 0.0372. The van der Waals surface area contributed by atoms with Crippen LogP contribution in [-0.4, -0.2) is 22.6 Å². The van der Waals surface area contributed by atoms with Gasteiger partial charge in [0, 0.05) is 12.1 Å². The van der Waals surface area contributed by atoms with Gasteiger partial charge in [0.05, 0.1) is 4.92 Å². The molecule has 0 saturated heterocycles. The van der Waals surface area contributed by atoms with Crippen LogP contribution < -0.4 is 4.74 Å². The van der Waals surface area contributed by atoms with Crippen molar-refractivity contribution in [3.8, 4) is 16.9 Å². The van der Waals surface area contributed by atoms with Crippen LogP contribution in [0.1, 0.15) is 0 Å². The molecule has 0 saturated carbocycles. The fraction of sp³-hybridized carbons (Fsp3) is 0.0714. The van der Waals surface area contributed by atoms with E-state index in [9.17, 15) is 14.9 Å². The number of carboxylic acid groups (broad SMARTS) is 1. The molecule has 0 bridgehead atoms. The zero-order chi connectivity index (χ0) is 14.5. The Morgan fingerprint density at radius 2 is 1.55 bits per heavy atom. The van der Waals surface area contributed by atoms with Crippen LogP contribution in [0.4, 0.5) is 5.69 Å². The maximum absolute atomic E-state index is 10.6. The van der Waals surface area contributed by atoms with Gasteiger partial charge in [-0.05, 0) is 35.4 Å². The molecule has 2 aromatic rings. The number of nitro benzene ring substituents is 1. The number of nitro groups is 1. The fourth-order valence-electron chi connectivity index (χ4n) is 1.66. The highest BCUT2D eigenvalue weighted by atomic mass is 16.6. The average Bonchev–Trinajstić information content (AvgIpc) is 2.46. The van der Waals surface area contributed by atoms with Crippen molar-refractivity contribution >= 4 is 11.7 Å². The lowest BCUT2D eigenvalue weighted by Gasteiger charge is -2.05. The molecule has 0 aliphatic rings. The van der Waals surface area contributed by atoms with Crippen molar-refractivity contribution in [1.82, 2.24) is 0 Å². The summed E-state index contributed by atoms with van der Waals surface area (Å²) < 4.78 is 5.02. The average molecular weight is 273 g/mol. The zero-order valence-electron chi connectivity index (χ0n) is 10.4. The number of ether oxygens (including phenoxy) is 1. The number of carboxylic acids is 1. The van der Waals surface area contributed by atoms with E-state index in [1.165, 1.54) is 12.1 Å². The van der Waals surface area contributed by atoms with Crippen LogP contribution in [-0.2, 0) is 4.79 Å². The summed E-state index contributed by atoms with van der Waals surface area (Å²) >= 11 is 0. The molecular formula is C14H11NO5. The first-order valence-corrected chi connectivity index (χ1v) is 5.76. The van der Waals surface area contributed by atoms with Crippen LogP contribution in [0, 0.1) is 10.1 Å². The molecule has 2 rings (SSSR count). The van der Waals surface area contributed by atoms with Crippen molar-refractivity contribution in [3.05, 3.63) is 58.6 Å². The smallest absolute Gasteiger partial charge is 0.341 e. The summed E-state index contributed by atoms with van der Waals surface area (Å²) in [6.45, 7) is -0.392. The predicted molar refractivity (Wildman–Crippen MR) is 71.7 cm³/mol. The molecule has 0 aromatic heterocycles. The van der Waals surface area contributed by atoms with E-state index >= 15 is 0 Å². The number of nitrogens with zero attached hydrogens (tertiary/aromatic N) is 1. The normalized spacial score (nSPS) is 10.0. The Morgan fingerprint density at radius 1 is 1.05 bits per heavy atom. The topological polar surface area (TPSA) is 89.7 Å². The van der Waals surface area contributed by atoms with Crippen LogP contribution in [0.25, 0.3) is 11.1 Å². The molecule has 6 nitrogen and oxygen atoms in total. The third kappa shape index (κ3) is 3.32. The van der Waals surface area contributed by atoms with Crippen molar-refractivity contribution < 1.29 is 19.6 Å². The first-order valence-electron chi connectivity index (χ1n) is 5.76. The molecule has 6 heteroatoms. The van der Waals surface area contributed by atoms with Gasteiger partial charge in [-0.2, -0.15) is 0 Å². The molecule has 2 aromatic carbocycles. The van der Waals surface area contributed by atoms with Crippen molar-refractivity contribution in [3.63, 3.8) is 0 Å². The third-order valence-corrected chi connectivity index (χ3v) is 2.63. The van der Waals surface area contributed by atoms with Gasteiger partial charge in [0.25, 0.3) is 5.69 Å². The number of carbonyl (C=O) groups is 1. The number of aliphatic carboxylic acids is 1. The second-order valence-electron chi connectivity index (χ2n) is 4.01. The van der Waals surface area contributed by atoms with E-state index in [-0.39, 0.29) is 5.69 Å². The van der Waals surface area contributed by atoms with E-state index in [2.05, 4.69) is 0 Å². The lowest BCUT2D eigenvalue weighted by atomic mass is 10.1. The van der Waals surface area contributed by atoms with Gasteiger partial charge in [-0.3, -0.25) is 10.1 Å². The minimum atomic E-state index is -1.04. The fourth-order valence-corrected chi connectivity index (χ4v) is 1.66. The maximum Gasteiger partial charge on any atom is 0.341 e. The number of hydrogen-bond acceptors (Lipinski definition) is 4. The number of benzene rings is 2. The number of hydrogen-bond donors (Lipinski definition) is 1. The van der Waals surface area contributed by atoms with Gasteiger partial charge in [0.15, 0.2) is 6.61 Å². The van der Waals surface area contributed by atoms with E-state index in [0.717, 1.165) is 11.1 Å². The van der Waals surface area contributed by atoms with E-state index in [1.54, 1.807) is 36.4 Å². The Hall–Kier alpha value is -2.89. The number of non-ortho nitro benzene ring substituents is 1. The van der Waals surface area contributed by atoms with Crippen LogP contribution in [0.15, 0.2) is 48.5 Å². The summed E-state index contributed by atoms with van der Waals surface area (Å²) in [5.74, 6) is -0.581. The lowest BCUT2D eigenvalue weighted by molar-refractivity contribution is -0.384. The van der Waals surface area contributed by atoms with Gasteiger partial charge in [-0.15, -0.1) is 0 Å². The summed E-state index contributed by atoms with van der Waals surface area (Å²) in [7, 11) is 0. The largest absolute Gasteiger partial charge is 0.482 e. The standard InChI is InChI=1S/C14H11NO5/c16-14(17)9-20-13-7-3-11(4-8-13)10-1-5-12(6-2-10)15(18)19/h1-8H,9H2,(H,16,17). The van der Waals surface area contributed by atoms with Crippen LogP contribution >= 0.6 is 0 Å². The molecule has 0 aliphatic carbocycles. The molecule has 0 atom stereocenters. The van der Waals surface area contributed by atoms with Crippen molar-refractivity contribution in [2.45, 2.75) is 0 Å². The molecular weight excluding hydrogens is 262 g/mol. The third-order valence-electron chi connectivity index (χ3n) is 2.63. The molecule has 0 heterocycles. The zero-order valence-corrected chi connectivity index (χ0v) is 10.4. The summed E-state index contributed by atoms with van der Waals surface area (Å²) in [4.78, 5) is 20.5. The Labute approximate surface area is 114 Å². The molecule has 0 aliphatic heterocycles. The molecule has 20 heavy (non-hydrogen) atoms. The van der Waals surface area contributed by atoms with E-state index < -0.39 is 17.5 Å². The predicted octanol–water partition coefficient (Wildman–Crippen LogP) is 2.73. The first kappa shape index (κ1) is 13.5. The molecule has 102 valence electrons. The summed E-state index contributed by atoms with van der Waals surface area (Å²) in [5, 5.41) is 19.1. The highest BCUT2D eigenvalue weighted by Crippen LogP contribution is 2.24. The Bertz CT molecular complexity index is 619. The van der Waals surface area contributed by atoms with Gasteiger partial charge in [0.2, 0.25) is 0 Å². The lowest BCUT2D eigenvalue weighted by Crippen LogP contribution is -2.09. The van der Waals surface area contributed by atoms with E-state index in [0.29, 0.717) is 5.75 Å². The molecule has 0 fully saturated rings.